The molecule has 1 unspecified atom stereocenters. The highest BCUT2D eigenvalue weighted by molar-refractivity contribution is 5.85. The lowest BCUT2D eigenvalue weighted by Crippen LogP contribution is -2.13. The summed E-state index contributed by atoms with van der Waals surface area (Å²) < 4.78 is 13.6. The number of benzene rings is 2. The average Bonchev–Trinajstić information content (AvgIpc) is 2.45. The number of halogens is 1. The molecule has 1 heterocycles. The predicted molar refractivity (Wildman–Crippen MR) is 78.9 cm³/mol. The van der Waals surface area contributed by atoms with Crippen molar-refractivity contribution in [3.05, 3.63) is 77.4 Å². The Morgan fingerprint density at radius 3 is 2.80 bits per heavy atom. The lowest BCUT2D eigenvalue weighted by Gasteiger charge is -2.16. The molecule has 0 aliphatic rings. The van der Waals surface area contributed by atoms with Crippen molar-refractivity contribution < 1.29 is 4.39 Å². The SMILES string of the molecule is Cc1cc(F)cc(C(N)c2cccc3cnccc23)c1. The van der Waals surface area contributed by atoms with Gasteiger partial charge >= 0.3 is 0 Å². The molecule has 2 N–H and O–H groups in total. The molecule has 100 valence electrons. The van der Waals surface area contributed by atoms with Crippen molar-refractivity contribution in [2.45, 2.75) is 13.0 Å². The highest BCUT2D eigenvalue weighted by atomic mass is 19.1. The number of fused-ring (bicyclic) bond motifs is 1. The van der Waals surface area contributed by atoms with E-state index in [0.29, 0.717) is 0 Å². The molecule has 2 nitrogen and oxygen atoms in total. The van der Waals surface area contributed by atoms with Crippen LogP contribution in [0.3, 0.4) is 0 Å². The van der Waals surface area contributed by atoms with E-state index in [0.717, 1.165) is 27.5 Å². The molecule has 3 heteroatoms. The van der Waals surface area contributed by atoms with E-state index in [9.17, 15) is 4.39 Å². The fraction of sp³-hybridized carbons (Fsp3) is 0.118. The smallest absolute Gasteiger partial charge is 0.123 e. The first-order valence-corrected chi connectivity index (χ1v) is 6.50. The average molecular weight is 266 g/mol. The second kappa shape index (κ2) is 5.02. The van der Waals surface area contributed by atoms with Gasteiger partial charge in [0.25, 0.3) is 0 Å². The zero-order valence-corrected chi connectivity index (χ0v) is 11.2. The zero-order chi connectivity index (χ0) is 14.1. The summed E-state index contributed by atoms with van der Waals surface area (Å²) in [6.45, 7) is 1.87. The molecule has 0 radical (unpaired) electrons. The van der Waals surface area contributed by atoms with Gasteiger partial charge in [0.05, 0.1) is 6.04 Å². The second-order valence-corrected chi connectivity index (χ2v) is 4.98. The van der Waals surface area contributed by atoms with Crippen molar-refractivity contribution >= 4 is 10.8 Å². The summed E-state index contributed by atoms with van der Waals surface area (Å²) in [7, 11) is 0. The van der Waals surface area contributed by atoms with Crippen LogP contribution in [0.1, 0.15) is 22.7 Å². The van der Waals surface area contributed by atoms with Crippen LogP contribution in [0.5, 0.6) is 0 Å². The van der Waals surface area contributed by atoms with Gasteiger partial charge in [-0.1, -0.05) is 24.3 Å². The molecule has 0 saturated heterocycles. The number of aromatic nitrogens is 1. The van der Waals surface area contributed by atoms with E-state index < -0.39 is 0 Å². The first-order chi connectivity index (χ1) is 9.65. The van der Waals surface area contributed by atoms with Gasteiger partial charge in [0.15, 0.2) is 0 Å². The van der Waals surface area contributed by atoms with E-state index in [1.54, 1.807) is 6.20 Å². The van der Waals surface area contributed by atoms with Crippen LogP contribution in [0.15, 0.2) is 54.9 Å². The number of pyridine rings is 1. The quantitative estimate of drug-likeness (QED) is 0.767. The fourth-order valence-corrected chi connectivity index (χ4v) is 2.54. The van der Waals surface area contributed by atoms with Gasteiger partial charge in [-0.15, -0.1) is 0 Å². The van der Waals surface area contributed by atoms with Crippen LogP contribution in [-0.4, -0.2) is 4.98 Å². The molecule has 20 heavy (non-hydrogen) atoms. The summed E-state index contributed by atoms with van der Waals surface area (Å²) in [5.41, 5.74) is 8.97. The van der Waals surface area contributed by atoms with Crippen molar-refractivity contribution in [2.75, 3.05) is 0 Å². The highest BCUT2D eigenvalue weighted by Crippen LogP contribution is 2.27. The Morgan fingerprint density at radius 2 is 2.00 bits per heavy atom. The molecule has 2 aromatic carbocycles. The molecule has 0 spiro atoms. The first kappa shape index (κ1) is 12.8. The van der Waals surface area contributed by atoms with Crippen LogP contribution in [0.2, 0.25) is 0 Å². The van der Waals surface area contributed by atoms with E-state index in [-0.39, 0.29) is 11.9 Å². The van der Waals surface area contributed by atoms with Gasteiger partial charge in [0.2, 0.25) is 0 Å². The van der Waals surface area contributed by atoms with E-state index >= 15 is 0 Å². The highest BCUT2D eigenvalue weighted by Gasteiger charge is 2.13. The van der Waals surface area contributed by atoms with Crippen molar-refractivity contribution in [3.63, 3.8) is 0 Å². The van der Waals surface area contributed by atoms with Crippen molar-refractivity contribution in [2.24, 2.45) is 5.73 Å². The minimum absolute atomic E-state index is 0.252. The van der Waals surface area contributed by atoms with Crippen LogP contribution < -0.4 is 5.73 Å². The van der Waals surface area contributed by atoms with E-state index in [1.807, 2.05) is 43.5 Å². The summed E-state index contributed by atoms with van der Waals surface area (Å²) in [6, 6.07) is 12.4. The Hall–Kier alpha value is -2.26. The second-order valence-electron chi connectivity index (χ2n) is 4.98. The molecule has 0 aliphatic heterocycles. The van der Waals surface area contributed by atoms with Gasteiger partial charge in [-0.05, 0) is 47.2 Å². The largest absolute Gasteiger partial charge is 0.320 e. The lowest BCUT2D eigenvalue weighted by atomic mass is 9.94. The Bertz CT molecular complexity index is 742. The Morgan fingerprint density at radius 1 is 1.15 bits per heavy atom. The summed E-state index contributed by atoms with van der Waals surface area (Å²) in [6.07, 6.45) is 3.55. The maximum atomic E-state index is 13.6. The van der Waals surface area contributed by atoms with Crippen LogP contribution in [0.4, 0.5) is 4.39 Å². The van der Waals surface area contributed by atoms with E-state index in [1.165, 1.54) is 12.1 Å². The minimum Gasteiger partial charge on any atom is -0.320 e. The molecule has 3 aromatic rings. The van der Waals surface area contributed by atoms with Gasteiger partial charge in [-0.2, -0.15) is 0 Å². The lowest BCUT2D eigenvalue weighted by molar-refractivity contribution is 0.622. The van der Waals surface area contributed by atoms with Crippen molar-refractivity contribution in [3.8, 4) is 0 Å². The van der Waals surface area contributed by atoms with Gasteiger partial charge in [-0.3, -0.25) is 4.98 Å². The van der Waals surface area contributed by atoms with Gasteiger partial charge in [0.1, 0.15) is 5.82 Å². The third kappa shape index (κ3) is 2.28. The predicted octanol–water partition coefficient (Wildman–Crippen LogP) is 3.73. The molecule has 1 atom stereocenters. The summed E-state index contributed by atoms with van der Waals surface area (Å²) in [5.74, 6) is -0.252. The molecule has 3 rings (SSSR count). The number of aryl methyl sites for hydroxylation is 1. The summed E-state index contributed by atoms with van der Waals surface area (Å²) in [5, 5.41) is 2.09. The van der Waals surface area contributed by atoms with Crippen molar-refractivity contribution in [1.82, 2.24) is 4.98 Å². The number of hydrogen-bond donors (Lipinski definition) is 1. The van der Waals surface area contributed by atoms with Gasteiger partial charge in [0, 0.05) is 17.8 Å². The Kier molecular flexibility index (Phi) is 3.20. The Labute approximate surface area is 117 Å². The number of nitrogens with two attached hydrogens (primary N) is 1. The normalized spacial score (nSPS) is 12.6. The molecule has 1 aromatic heterocycles. The number of hydrogen-bond acceptors (Lipinski definition) is 2. The maximum Gasteiger partial charge on any atom is 0.123 e. The number of rotatable bonds is 2. The van der Waals surface area contributed by atoms with E-state index in [2.05, 4.69) is 4.98 Å². The molecular formula is C17H15FN2. The monoisotopic (exact) mass is 266 g/mol. The van der Waals surface area contributed by atoms with Gasteiger partial charge < -0.3 is 5.73 Å². The summed E-state index contributed by atoms with van der Waals surface area (Å²) >= 11 is 0. The van der Waals surface area contributed by atoms with Crippen LogP contribution >= 0.6 is 0 Å². The Balaban J connectivity index is 2.15. The standard InChI is InChI=1S/C17H15FN2/c1-11-7-13(9-14(18)8-11)17(19)16-4-2-3-12-10-20-6-5-15(12)16/h2-10,17H,19H2,1H3. The molecular weight excluding hydrogens is 251 g/mol. The molecule has 0 saturated carbocycles. The first-order valence-electron chi connectivity index (χ1n) is 6.50. The van der Waals surface area contributed by atoms with Crippen LogP contribution in [0, 0.1) is 12.7 Å². The third-order valence-corrected chi connectivity index (χ3v) is 3.47. The minimum atomic E-state index is -0.351. The fourth-order valence-electron chi connectivity index (χ4n) is 2.54. The van der Waals surface area contributed by atoms with Crippen LogP contribution in [0.25, 0.3) is 10.8 Å². The van der Waals surface area contributed by atoms with E-state index in [4.69, 9.17) is 5.73 Å². The molecule has 0 aliphatic carbocycles. The zero-order valence-electron chi connectivity index (χ0n) is 11.2. The maximum absolute atomic E-state index is 13.6. The topological polar surface area (TPSA) is 38.9 Å². The third-order valence-electron chi connectivity index (χ3n) is 3.47. The molecule has 0 fully saturated rings. The summed E-state index contributed by atoms with van der Waals surface area (Å²) in [4.78, 5) is 4.11. The molecule has 0 bridgehead atoms. The number of nitrogens with zero attached hydrogens (tertiary/aromatic N) is 1. The van der Waals surface area contributed by atoms with Gasteiger partial charge in [-0.25, -0.2) is 4.39 Å². The molecule has 0 amide bonds. The van der Waals surface area contributed by atoms with Crippen molar-refractivity contribution in [1.29, 1.82) is 0 Å². The van der Waals surface area contributed by atoms with Crippen LogP contribution in [-0.2, 0) is 0 Å².